The zero-order valence-corrected chi connectivity index (χ0v) is 14.7. The van der Waals surface area contributed by atoms with Crippen LogP contribution in [-0.2, 0) is 4.79 Å². The van der Waals surface area contributed by atoms with E-state index in [2.05, 4.69) is 20.5 Å². The summed E-state index contributed by atoms with van der Waals surface area (Å²) >= 11 is 7.20. The highest BCUT2D eigenvalue weighted by Gasteiger charge is 2.19. The molecule has 0 spiro atoms. The summed E-state index contributed by atoms with van der Waals surface area (Å²) in [5.74, 6) is -0.297. The van der Waals surface area contributed by atoms with Crippen LogP contribution in [0.25, 0.3) is 11.4 Å². The Kier molecular flexibility index (Phi) is 5.35. The van der Waals surface area contributed by atoms with Gasteiger partial charge in [0.2, 0.25) is 11.1 Å². The van der Waals surface area contributed by atoms with Gasteiger partial charge in [-0.2, -0.15) is 0 Å². The van der Waals surface area contributed by atoms with Crippen molar-refractivity contribution < 1.29 is 9.18 Å². The van der Waals surface area contributed by atoms with E-state index in [0.29, 0.717) is 27.3 Å². The van der Waals surface area contributed by atoms with E-state index >= 15 is 0 Å². The Morgan fingerprint density at radius 3 is 2.72 bits per heavy atom. The molecule has 1 unspecified atom stereocenters. The molecule has 3 aromatic rings. The van der Waals surface area contributed by atoms with Crippen LogP contribution in [0.1, 0.15) is 6.92 Å². The van der Waals surface area contributed by atoms with Crippen molar-refractivity contribution in [3.63, 3.8) is 0 Å². The van der Waals surface area contributed by atoms with Crippen molar-refractivity contribution in [3.8, 4) is 11.4 Å². The number of anilines is 1. The minimum Gasteiger partial charge on any atom is -0.324 e. The Morgan fingerprint density at radius 1 is 1.24 bits per heavy atom. The maximum atomic E-state index is 13.8. The van der Waals surface area contributed by atoms with Crippen molar-refractivity contribution in [2.45, 2.75) is 17.3 Å². The molecule has 0 saturated carbocycles. The van der Waals surface area contributed by atoms with Crippen molar-refractivity contribution in [2.24, 2.45) is 0 Å². The molecule has 2 N–H and O–H groups in total. The smallest absolute Gasteiger partial charge is 0.237 e. The minimum atomic E-state index is -0.458. The molecule has 3 rings (SSSR count). The monoisotopic (exact) mass is 376 g/mol. The van der Waals surface area contributed by atoms with E-state index in [1.165, 1.54) is 17.8 Å². The summed E-state index contributed by atoms with van der Waals surface area (Å²) in [6.45, 7) is 1.73. The standard InChI is InChI=1S/C17H14ClFN4OS/c1-10(16(24)20-14-9-5-3-7-12(14)18)25-17-21-15(22-23-17)11-6-2-4-8-13(11)19/h2-10H,1H3,(H,20,24)(H,21,22,23). The van der Waals surface area contributed by atoms with Gasteiger partial charge in [-0.1, -0.05) is 47.6 Å². The molecule has 1 heterocycles. The predicted octanol–water partition coefficient (Wildman–Crippen LogP) is 4.38. The third kappa shape index (κ3) is 4.18. The summed E-state index contributed by atoms with van der Waals surface area (Å²) in [6.07, 6.45) is 0. The summed E-state index contributed by atoms with van der Waals surface area (Å²) in [6, 6.07) is 13.3. The number of nitrogens with one attached hydrogen (secondary N) is 2. The summed E-state index contributed by atoms with van der Waals surface area (Å²) in [7, 11) is 0. The van der Waals surface area contributed by atoms with Gasteiger partial charge in [0.15, 0.2) is 5.82 Å². The lowest BCUT2D eigenvalue weighted by molar-refractivity contribution is -0.115. The molecule has 128 valence electrons. The second-order valence-electron chi connectivity index (χ2n) is 5.18. The Labute approximate surface area is 153 Å². The number of H-pyrrole nitrogens is 1. The van der Waals surface area contributed by atoms with E-state index in [-0.39, 0.29) is 11.7 Å². The molecule has 0 aliphatic heterocycles. The Hall–Kier alpha value is -2.38. The molecular formula is C17H14ClFN4OS. The van der Waals surface area contributed by atoms with E-state index in [9.17, 15) is 9.18 Å². The average Bonchev–Trinajstić information content (AvgIpc) is 3.05. The van der Waals surface area contributed by atoms with Gasteiger partial charge < -0.3 is 5.32 Å². The highest BCUT2D eigenvalue weighted by atomic mass is 35.5. The fraction of sp³-hybridized carbons (Fsp3) is 0.118. The number of hydrogen-bond acceptors (Lipinski definition) is 4. The summed E-state index contributed by atoms with van der Waals surface area (Å²) in [4.78, 5) is 16.5. The lowest BCUT2D eigenvalue weighted by Crippen LogP contribution is -2.22. The SMILES string of the molecule is CC(Sc1n[nH]c(-c2ccccc2F)n1)C(=O)Nc1ccccc1Cl. The fourth-order valence-corrected chi connectivity index (χ4v) is 2.99. The van der Waals surface area contributed by atoms with Gasteiger partial charge in [-0.3, -0.25) is 9.89 Å². The lowest BCUT2D eigenvalue weighted by Gasteiger charge is -2.11. The third-order valence-corrected chi connectivity index (χ3v) is 4.67. The van der Waals surface area contributed by atoms with Gasteiger partial charge in [0, 0.05) is 0 Å². The number of carbonyl (C=O) groups is 1. The largest absolute Gasteiger partial charge is 0.324 e. The average molecular weight is 377 g/mol. The molecule has 0 bridgehead atoms. The topological polar surface area (TPSA) is 70.7 Å². The molecule has 8 heteroatoms. The van der Waals surface area contributed by atoms with Crippen LogP contribution in [0.4, 0.5) is 10.1 Å². The second-order valence-corrected chi connectivity index (χ2v) is 6.89. The number of thioether (sulfide) groups is 1. The zero-order valence-electron chi connectivity index (χ0n) is 13.2. The number of para-hydroxylation sites is 1. The summed E-state index contributed by atoms with van der Waals surface area (Å²) in [5.41, 5.74) is 0.874. The number of hydrogen-bond donors (Lipinski definition) is 2. The number of amides is 1. The number of halogens is 2. The van der Waals surface area contributed by atoms with E-state index in [1.54, 1.807) is 49.4 Å². The van der Waals surface area contributed by atoms with Crippen molar-refractivity contribution in [1.82, 2.24) is 15.2 Å². The van der Waals surface area contributed by atoms with Crippen LogP contribution < -0.4 is 5.32 Å². The van der Waals surface area contributed by atoms with Crippen molar-refractivity contribution in [3.05, 3.63) is 59.4 Å². The predicted molar refractivity (Wildman–Crippen MR) is 97.2 cm³/mol. The van der Waals surface area contributed by atoms with Crippen LogP contribution >= 0.6 is 23.4 Å². The molecule has 1 amide bonds. The van der Waals surface area contributed by atoms with Crippen LogP contribution in [0.15, 0.2) is 53.7 Å². The number of benzene rings is 2. The molecule has 2 aromatic carbocycles. The quantitative estimate of drug-likeness (QED) is 0.648. The van der Waals surface area contributed by atoms with Gasteiger partial charge in [0.1, 0.15) is 5.82 Å². The third-order valence-electron chi connectivity index (χ3n) is 3.38. The van der Waals surface area contributed by atoms with Crippen LogP contribution in [0.2, 0.25) is 5.02 Å². The first kappa shape index (κ1) is 17.4. The maximum Gasteiger partial charge on any atom is 0.237 e. The summed E-state index contributed by atoms with van der Waals surface area (Å²) in [5, 5.41) is 9.86. The molecule has 5 nitrogen and oxygen atoms in total. The number of aromatic nitrogens is 3. The summed E-state index contributed by atoms with van der Waals surface area (Å²) < 4.78 is 13.8. The first-order valence-electron chi connectivity index (χ1n) is 7.44. The lowest BCUT2D eigenvalue weighted by atomic mass is 10.2. The minimum absolute atomic E-state index is 0.227. The van der Waals surface area contributed by atoms with Crippen LogP contribution in [-0.4, -0.2) is 26.3 Å². The normalized spacial score (nSPS) is 12.0. The van der Waals surface area contributed by atoms with Crippen LogP contribution in [0, 0.1) is 5.82 Å². The van der Waals surface area contributed by atoms with Gasteiger partial charge in [-0.05, 0) is 31.2 Å². The molecule has 0 radical (unpaired) electrons. The molecule has 0 fully saturated rings. The van der Waals surface area contributed by atoms with E-state index < -0.39 is 5.25 Å². The molecule has 0 saturated heterocycles. The highest BCUT2D eigenvalue weighted by Crippen LogP contribution is 2.26. The number of aromatic amines is 1. The van der Waals surface area contributed by atoms with E-state index in [1.807, 2.05) is 0 Å². The Bertz CT molecular complexity index is 902. The number of carbonyl (C=O) groups excluding carboxylic acids is 1. The van der Waals surface area contributed by atoms with Crippen molar-refractivity contribution in [1.29, 1.82) is 0 Å². The van der Waals surface area contributed by atoms with Gasteiger partial charge in [0.25, 0.3) is 0 Å². The Morgan fingerprint density at radius 2 is 1.96 bits per heavy atom. The van der Waals surface area contributed by atoms with E-state index in [4.69, 9.17) is 11.6 Å². The molecule has 0 aliphatic carbocycles. The molecule has 0 aliphatic rings. The van der Waals surface area contributed by atoms with Crippen LogP contribution in [0.3, 0.4) is 0 Å². The molecule has 1 atom stereocenters. The number of rotatable bonds is 5. The first-order valence-corrected chi connectivity index (χ1v) is 8.69. The fourth-order valence-electron chi connectivity index (χ4n) is 2.08. The van der Waals surface area contributed by atoms with Gasteiger partial charge >= 0.3 is 0 Å². The second kappa shape index (κ2) is 7.67. The Balaban J connectivity index is 1.67. The van der Waals surface area contributed by atoms with Crippen LogP contribution in [0.5, 0.6) is 0 Å². The number of nitrogens with zero attached hydrogens (tertiary/aromatic N) is 2. The van der Waals surface area contributed by atoms with E-state index in [0.717, 1.165) is 0 Å². The maximum absolute atomic E-state index is 13.8. The highest BCUT2D eigenvalue weighted by molar-refractivity contribution is 8.00. The zero-order chi connectivity index (χ0) is 17.8. The molecule has 1 aromatic heterocycles. The molecule has 25 heavy (non-hydrogen) atoms. The van der Waals surface area contributed by atoms with Crippen molar-refractivity contribution >= 4 is 35.0 Å². The first-order chi connectivity index (χ1) is 12.0. The van der Waals surface area contributed by atoms with Gasteiger partial charge in [-0.25, -0.2) is 9.37 Å². The van der Waals surface area contributed by atoms with Gasteiger partial charge in [-0.15, -0.1) is 5.10 Å². The molecular weight excluding hydrogens is 363 g/mol. The van der Waals surface area contributed by atoms with Crippen molar-refractivity contribution in [2.75, 3.05) is 5.32 Å². The van der Waals surface area contributed by atoms with Gasteiger partial charge in [0.05, 0.1) is 21.5 Å².